The third kappa shape index (κ3) is 3.81. The number of anilines is 1. The molecule has 5 heteroatoms. The zero-order chi connectivity index (χ0) is 16.3. The van der Waals surface area contributed by atoms with Gasteiger partial charge in [0.2, 0.25) is 5.95 Å². The first-order valence-corrected chi connectivity index (χ1v) is 7.24. The first-order valence-electron chi connectivity index (χ1n) is 7.24. The van der Waals surface area contributed by atoms with Crippen LogP contribution >= 0.6 is 0 Å². The van der Waals surface area contributed by atoms with Crippen molar-refractivity contribution in [3.8, 4) is 0 Å². The molecule has 5 nitrogen and oxygen atoms in total. The van der Waals surface area contributed by atoms with E-state index in [4.69, 9.17) is 0 Å². The van der Waals surface area contributed by atoms with Gasteiger partial charge in [-0.2, -0.15) is 0 Å². The molecule has 1 heterocycles. The summed E-state index contributed by atoms with van der Waals surface area (Å²) in [5.74, 6) is 0.566. The van der Waals surface area contributed by atoms with Crippen molar-refractivity contribution in [1.29, 1.82) is 0 Å². The fourth-order valence-corrected chi connectivity index (χ4v) is 2.24. The quantitative estimate of drug-likeness (QED) is 0.941. The highest BCUT2D eigenvalue weighted by Crippen LogP contribution is 2.11. The third-order valence-corrected chi connectivity index (χ3v) is 3.35. The van der Waals surface area contributed by atoms with Gasteiger partial charge < -0.3 is 10.2 Å². The number of amides is 1. The van der Waals surface area contributed by atoms with Gasteiger partial charge >= 0.3 is 0 Å². The van der Waals surface area contributed by atoms with E-state index in [9.17, 15) is 4.79 Å². The number of rotatable bonds is 4. The van der Waals surface area contributed by atoms with Gasteiger partial charge in [-0.05, 0) is 38.5 Å². The Morgan fingerprint density at radius 1 is 1.14 bits per heavy atom. The molecule has 0 saturated heterocycles. The van der Waals surface area contributed by atoms with Crippen LogP contribution < -0.4 is 10.2 Å². The van der Waals surface area contributed by atoms with Gasteiger partial charge in [-0.25, -0.2) is 9.97 Å². The molecule has 0 aliphatic carbocycles. The summed E-state index contributed by atoms with van der Waals surface area (Å²) in [6.07, 6.45) is 0. The SMILES string of the molecule is Cc1ccc(C(=O)NCc2cc(C)nc(N(C)C)n2)c(C)c1. The van der Waals surface area contributed by atoms with Crippen molar-refractivity contribution in [2.24, 2.45) is 0 Å². The Morgan fingerprint density at radius 2 is 1.86 bits per heavy atom. The fraction of sp³-hybridized carbons (Fsp3) is 0.353. The van der Waals surface area contributed by atoms with Crippen LogP contribution in [-0.4, -0.2) is 30.0 Å². The minimum atomic E-state index is -0.0832. The van der Waals surface area contributed by atoms with Crippen LogP contribution in [0.25, 0.3) is 0 Å². The summed E-state index contributed by atoms with van der Waals surface area (Å²) in [4.78, 5) is 22.9. The average Bonchev–Trinajstić information content (AvgIpc) is 2.44. The minimum absolute atomic E-state index is 0.0832. The second-order valence-electron chi connectivity index (χ2n) is 5.70. The van der Waals surface area contributed by atoms with Crippen LogP contribution in [0, 0.1) is 20.8 Å². The standard InChI is InChI=1S/C17H22N4O/c1-11-6-7-15(12(2)8-11)16(22)18-10-14-9-13(3)19-17(20-14)21(4)5/h6-9H,10H2,1-5H3,(H,18,22). The number of hydrogen-bond acceptors (Lipinski definition) is 4. The number of nitrogens with zero attached hydrogens (tertiary/aromatic N) is 3. The van der Waals surface area contributed by atoms with Crippen LogP contribution in [0.2, 0.25) is 0 Å². The van der Waals surface area contributed by atoms with Gasteiger partial charge in [0.05, 0.1) is 12.2 Å². The lowest BCUT2D eigenvalue weighted by Crippen LogP contribution is -2.25. The number of benzene rings is 1. The maximum absolute atomic E-state index is 12.3. The molecule has 0 spiro atoms. The lowest BCUT2D eigenvalue weighted by Gasteiger charge is -2.13. The smallest absolute Gasteiger partial charge is 0.251 e. The summed E-state index contributed by atoms with van der Waals surface area (Å²) >= 11 is 0. The van der Waals surface area contributed by atoms with Gasteiger partial charge in [0.15, 0.2) is 0 Å². The second kappa shape index (κ2) is 6.56. The van der Waals surface area contributed by atoms with E-state index in [1.165, 1.54) is 0 Å². The van der Waals surface area contributed by atoms with Gasteiger partial charge in [0.25, 0.3) is 5.91 Å². The molecule has 0 aliphatic rings. The number of carbonyl (C=O) groups is 1. The summed E-state index contributed by atoms with van der Waals surface area (Å²) < 4.78 is 0. The van der Waals surface area contributed by atoms with Crippen molar-refractivity contribution < 1.29 is 4.79 Å². The highest BCUT2D eigenvalue weighted by atomic mass is 16.1. The molecule has 0 unspecified atom stereocenters. The molecule has 0 fully saturated rings. The molecular formula is C17H22N4O. The zero-order valence-electron chi connectivity index (χ0n) is 13.8. The largest absolute Gasteiger partial charge is 0.347 e. The number of aromatic nitrogens is 2. The van der Waals surface area contributed by atoms with Gasteiger partial charge in [0.1, 0.15) is 0 Å². The summed E-state index contributed by atoms with van der Waals surface area (Å²) in [6.45, 7) is 6.27. The van der Waals surface area contributed by atoms with Gasteiger partial charge in [-0.3, -0.25) is 4.79 Å². The van der Waals surface area contributed by atoms with E-state index in [1.54, 1.807) is 0 Å². The number of aryl methyl sites for hydroxylation is 3. The molecule has 1 N–H and O–H groups in total. The fourth-order valence-electron chi connectivity index (χ4n) is 2.24. The van der Waals surface area contributed by atoms with Crippen molar-refractivity contribution in [2.75, 3.05) is 19.0 Å². The van der Waals surface area contributed by atoms with Gasteiger partial charge in [0, 0.05) is 25.4 Å². The number of nitrogens with one attached hydrogen (secondary N) is 1. The molecule has 1 aromatic heterocycles. The molecular weight excluding hydrogens is 276 g/mol. The molecule has 0 radical (unpaired) electrons. The Hall–Kier alpha value is -2.43. The van der Waals surface area contributed by atoms with Gasteiger partial charge in [-0.15, -0.1) is 0 Å². The van der Waals surface area contributed by atoms with Gasteiger partial charge in [-0.1, -0.05) is 17.7 Å². The number of carbonyl (C=O) groups excluding carboxylic acids is 1. The molecule has 0 saturated carbocycles. The van der Waals surface area contributed by atoms with Crippen molar-refractivity contribution in [3.63, 3.8) is 0 Å². The van der Waals surface area contributed by atoms with E-state index in [2.05, 4.69) is 15.3 Å². The van der Waals surface area contributed by atoms with Crippen molar-refractivity contribution in [3.05, 3.63) is 52.3 Å². The first kappa shape index (κ1) is 15.9. The van der Waals surface area contributed by atoms with Crippen LogP contribution in [0.3, 0.4) is 0 Å². The van der Waals surface area contributed by atoms with Crippen molar-refractivity contribution in [1.82, 2.24) is 15.3 Å². The summed E-state index contributed by atoms with van der Waals surface area (Å²) in [5.41, 5.74) is 4.51. The Kier molecular flexibility index (Phi) is 4.75. The van der Waals surface area contributed by atoms with E-state index in [1.807, 2.05) is 64.0 Å². The minimum Gasteiger partial charge on any atom is -0.347 e. The Bertz CT molecular complexity index is 695. The summed E-state index contributed by atoms with van der Waals surface area (Å²) in [6, 6.07) is 7.69. The predicted molar refractivity (Wildman–Crippen MR) is 88.2 cm³/mol. The predicted octanol–water partition coefficient (Wildman–Crippen LogP) is 2.40. The summed E-state index contributed by atoms with van der Waals surface area (Å²) in [5, 5.41) is 2.92. The van der Waals surface area contributed by atoms with Crippen LogP contribution in [0.15, 0.2) is 24.3 Å². The molecule has 1 aromatic carbocycles. The molecule has 2 rings (SSSR count). The molecule has 22 heavy (non-hydrogen) atoms. The van der Waals surface area contributed by atoms with E-state index >= 15 is 0 Å². The van der Waals surface area contributed by atoms with E-state index < -0.39 is 0 Å². The third-order valence-electron chi connectivity index (χ3n) is 3.35. The van der Waals surface area contributed by atoms with Crippen molar-refractivity contribution >= 4 is 11.9 Å². The topological polar surface area (TPSA) is 58.1 Å². The average molecular weight is 298 g/mol. The van der Waals surface area contributed by atoms with Crippen LogP contribution in [0.5, 0.6) is 0 Å². The van der Waals surface area contributed by atoms with E-state index in [0.29, 0.717) is 18.1 Å². The maximum Gasteiger partial charge on any atom is 0.251 e. The summed E-state index contributed by atoms with van der Waals surface area (Å²) in [7, 11) is 3.79. The van der Waals surface area contributed by atoms with E-state index in [0.717, 1.165) is 22.5 Å². The molecule has 116 valence electrons. The van der Waals surface area contributed by atoms with Crippen LogP contribution in [-0.2, 0) is 6.54 Å². The van der Waals surface area contributed by atoms with Crippen molar-refractivity contribution in [2.45, 2.75) is 27.3 Å². The molecule has 0 atom stereocenters. The molecule has 0 bridgehead atoms. The first-order chi connectivity index (χ1) is 10.4. The highest BCUT2D eigenvalue weighted by molar-refractivity contribution is 5.95. The number of hydrogen-bond donors (Lipinski definition) is 1. The zero-order valence-corrected chi connectivity index (χ0v) is 13.8. The monoisotopic (exact) mass is 298 g/mol. The van der Waals surface area contributed by atoms with E-state index in [-0.39, 0.29) is 5.91 Å². The Balaban J connectivity index is 2.11. The normalized spacial score (nSPS) is 10.4. The lowest BCUT2D eigenvalue weighted by molar-refractivity contribution is 0.0950. The van der Waals surface area contributed by atoms with Crippen LogP contribution in [0.4, 0.5) is 5.95 Å². The highest BCUT2D eigenvalue weighted by Gasteiger charge is 2.10. The second-order valence-corrected chi connectivity index (χ2v) is 5.70. The lowest BCUT2D eigenvalue weighted by atomic mass is 10.1. The molecule has 1 amide bonds. The van der Waals surface area contributed by atoms with Crippen LogP contribution in [0.1, 0.15) is 32.9 Å². The Morgan fingerprint density at radius 3 is 2.50 bits per heavy atom. The molecule has 2 aromatic rings. The molecule has 0 aliphatic heterocycles. The Labute approximate surface area is 131 Å². The maximum atomic E-state index is 12.3.